The molecule has 2 bridgehead atoms. The van der Waals surface area contributed by atoms with Gasteiger partial charge in [-0.2, -0.15) is 0 Å². The topological polar surface area (TPSA) is 60.9 Å². The van der Waals surface area contributed by atoms with Crippen LogP contribution in [-0.2, 0) is 11.3 Å². The number of carbonyl (C=O) groups excluding carboxylic acids is 1. The Balaban J connectivity index is 1.65. The fraction of sp³-hybridized carbons (Fsp3) is 0.529. The van der Waals surface area contributed by atoms with Gasteiger partial charge in [-0.3, -0.25) is 9.69 Å². The van der Waals surface area contributed by atoms with Crippen molar-refractivity contribution in [2.75, 3.05) is 32.7 Å². The molecule has 0 radical (unpaired) electrons. The number of fused-ring (bicyclic) bond motifs is 2. The van der Waals surface area contributed by atoms with E-state index in [1.165, 1.54) is 0 Å². The molecule has 5 nitrogen and oxygen atoms in total. The molecule has 0 aliphatic carbocycles. The summed E-state index contributed by atoms with van der Waals surface area (Å²) in [5.41, 5.74) is 1.41. The highest BCUT2D eigenvalue weighted by molar-refractivity contribution is 5.87. The zero-order valence-corrected chi connectivity index (χ0v) is 12.9. The van der Waals surface area contributed by atoms with Gasteiger partial charge in [0.1, 0.15) is 5.78 Å². The van der Waals surface area contributed by atoms with E-state index in [0.29, 0.717) is 11.3 Å². The van der Waals surface area contributed by atoms with Crippen LogP contribution >= 0.6 is 0 Å². The van der Waals surface area contributed by atoms with Gasteiger partial charge in [-0.05, 0) is 24.2 Å². The summed E-state index contributed by atoms with van der Waals surface area (Å²) in [5, 5.41) is 8.93. The number of nitrogens with zero attached hydrogens (tertiary/aromatic N) is 2. The van der Waals surface area contributed by atoms with Crippen molar-refractivity contribution in [3.8, 4) is 0 Å². The van der Waals surface area contributed by atoms with Gasteiger partial charge in [-0.1, -0.05) is 19.1 Å². The Morgan fingerprint density at radius 3 is 2.14 bits per heavy atom. The zero-order valence-electron chi connectivity index (χ0n) is 12.9. The molecule has 2 heterocycles. The summed E-state index contributed by atoms with van der Waals surface area (Å²) in [5.74, 6) is -0.206. The number of benzene rings is 1. The number of likely N-dealkylation sites (tertiary alicyclic amines) is 2. The van der Waals surface area contributed by atoms with Crippen LogP contribution in [0.2, 0.25) is 0 Å². The predicted octanol–water partition coefficient (Wildman–Crippen LogP) is 1.34. The maximum absolute atomic E-state index is 12.3. The van der Waals surface area contributed by atoms with Crippen molar-refractivity contribution >= 4 is 11.8 Å². The van der Waals surface area contributed by atoms with E-state index in [-0.39, 0.29) is 11.8 Å². The van der Waals surface area contributed by atoms with Gasteiger partial charge in [-0.15, -0.1) is 0 Å². The standard InChI is InChI=1S/C17H22N2O3/c1-2-18-8-14-10-19(11-15(9-18)16(14)20)7-12-3-5-13(6-4-12)17(21)22/h3-6,14-15H,2,7-11H2,1H3,(H,21,22). The molecule has 0 aromatic heterocycles. The van der Waals surface area contributed by atoms with Gasteiger partial charge >= 0.3 is 5.97 Å². The van der Waals surface area contributed by atoms with Gasteiger partial charge in [0.15, 0.2) is 0 Å². The number of hydrogen-bond acceptors (Lipinski definition) is 4. The highest BCUT2D eigenvalue weighted by atomic mass is 16.4. The summed E-state index contributed by atoms with van der Waals surface area (Å²) >= 11 is 0. The van der Waals surface area contributed by atoms with E-state index in [2.05, 4.69) is 16.7 Å². The predicted molar refractivity (Wildman–Crippen MR) is 82.8 cm³/mol. The first kappa shape index (κ1) is 15.2. The fourth-order valence-corrected chi connectivity index (χ4v) is 3.60. The van der Waals surface area contributed by atoms with Crippen LogP contribution in [-0.4, -0.2) is 59.4 Å². The number of carboxylic acid groups (broad SMARTS) is 1. The third-order valence-electron chi connectivity index (χ3n) is 4.77. The van der Waals surface area contributed by atoms with Crippen LogP contribution < -0.4 is 0 Å². The second-order valence-corrected chi connectivity index (χ2v) is 6.34. The van der Waals surface area contributed by atoms with Gasteiger partial charge < -0.3 is 10.0 Å². The van der Waals surface area contributed by atoms with Crippen molar-refractivity contribution in [2.24, 2.45) is 11.8 Å². The molecular weight excluding hydrogens is 280 g/mol. The summed E-state index contributed by atoms with van der Waals surface area (Å²) < 4.78 is 0. The number of carboxylic acids is 1. The van der Waals surface area contributed by atoms with Gasteiger partial charge in [0.05, 0.1) is 5.56 Å². The van der Waals surface area contributed by atoms with E-state index < -0.39 is 5.97 Å². The molecule has 0 saturated carbocycles. The summed E-state index contributed by atoms with van der Waals surface area (Å²) in [6.45, 7) is 7.32. The molecule has 2 aliphatic rings. The molecule has 2 unspecified atom stereocenters. The summed E-state index contributed by atoms with van der Waals surface area (Å²) in [6.07, 6.45) is 0. The molecule has 1 aromatic carbocycles. The van der Waals surface area contributed by atoms with Crippen molar-refractivity contribution < 1.29 is 14.7 Å². The van der Waals surface area contributed by atoms with E-state index in [1.807, 2.05) is 12.1 Å². The van der Waals surface area contributed by atoms with Crippen molar-refractivity contribution in [3.63, 3.8) is 0 Å². The fourth-order valence-electron chi connectivity index (χ4n) is 3.60. The first-order valence-electron chi connectivity index (χ1n) is 7.87. The second-order valence-electron chi connectivity index (χ2n) is 6.34. The molecule has 2 atom stereocenters. The maximum atomic E-state index is 12.3. The van der Waals surface area contributed by atoms with E-state index in [9.17, 15) is 9.59 Å². The molecule has 0 spiro atoms. The van der Waals surface area contributed by atoms with Crippen LogP contribution in [0.5, 0.6) is 0 Å². The Kier molecular flexibility index (Phi) is 4.27. The number of hydrogen-bond donors (Lipinski definition) is 1. The highest BCUT2D eigenvalue weighted by Gasteiger charge is 2.40. The molecule has 0 amide bonds. The highest BCUT2D eigenvalue weighted by Crippen LogP contribution is 2.26. The van der Waals surface area contributed by atoms with Crippen LogP contribution in [0.25, 0.3) is 0 Å². The number of Topliss-reactive ketones (excluding diaryl/α,β-unsaturated/α-hetero) is 1. The van der Waals surface area contributed by atoms with E-state index in [4.69, 9.17) is 5.11 Å². The van der Waals surface area contributed by atoms with Crippen LogP contribution in [0.4, 0.5) is 0 Å². The Morgan fingerprint density at radius 2 is 1.64 bits per heavy atom. The normalized spacial score (nSPS) is 26.1. The first-order valence-corrected chi connectivity index (χ1v) is 7.87. The Morgan fingerprint density at radius 1 is 1.09 bits per heavy atom. The summed E-state index contributed by atoms with van der Waals surface area (Å²) in [4.78, 5) is 27.8. The van der Waals surface area contributed by atoms with Gasteiger partial charge in [-0.25, -0.2) is 4.79 Å². The molecule has 118 valence electrons. The molecular formula is C17H22N2O3. The van der Waals surface area contributed by atoms with E-state index >= 15 is 0 Å². The van der Waals surface area contributed by atoms with Crippen molar-refractivity contribution in [1.82, 2.24) is 9.80 Å². The lowest BCUT2D eigenvalue weighted by Crippen LogP contribution is -2.57. The second kappa shape index (κ2) is 6.18. The largest absolute Gasteiger partial charge is 0.478 e. The molecule has 3 rings (SSSR count). The van der Waals surface area contributed by atoms with E-state index in [0.717, 1.165) is 44.8 Å². The van der Waals surface area contributed by atoms with E-state index in [1.54, 1.807) is 12.1 Å². The number of ketones is 1. The van der Waals surface area contributed by atoms with Crippen molar-refractivity contribution in [2.45, 2.75) is 13.5 Å². The van der Waals surface area contributed by atoms with Crippen molar-refractivity contribution in [3.05, 3.63) is 35.4 Å². The lowest BCUT2D eigenvalue weighted by molar-refractivity contribution is -0.137. The van der Waals surface area contributed by atoms with Crippen LogP contribution in [0.1, 0.15) is 22.8 Å². The van der Waals surface area contributed by atoms with Gasteiger partial charge in [0.25, 0.3) is 0 Å². The van der Waals surface area contributed by atoms with Gasteiger partial charge in [0, 0.05) is 44.6 Å². The quantitative estimate of drug-likeness (QED) is 0.909. The van der Waals surface area contributed by atoms with Gasteiger partial charge in [0.2, 0.25) is 0 Å². The average Bonchev–Trinajstić information content (AvgIpc) is 2.49. The lowest BCUT2D eigenvalue weighted by Gasteiger charge is -2.44. The average molecular weight is 302 g/mol. The third-order valence-corrected chi connectivity index (χ3v) is 4.77. The molecule has 2 aliphatic heterocycles. The number of piperidine rings is 2. The number of aromatic carboxylic acids is 1. The molecule has 1 N–H and O–H groups in total. The van der Waals surface area contributed by atoms with Crippen LogP contribution in [0.3, 0.4) is 0 Å². The first-order chi connectivity index (χ1) is 10.6. The van der Waals surface area contributed by atoms with Crippen LogP contribution in [0.15, 0.2) is 24.3 Å². The monoisotopic (exact) mass is 302 g/mol. The zero-order chi connectivity index (χ0) is 15.7. The number of rotatable bonds is 4. The Hall–Kier alpha value is -1.72. The summed E-state index contributed by atoms with van der Waals surface area (Å²) in [6, 6.07) is 7.03. The Bertz CT molecular complexity index is 552. The smallest absolute Gasteiger partial charge is 0.335 e. The molecule has 1 aromatic rings. The molecule has 5 heteroatoms. The summed E-state index contributed by atoms with van der Waals surface area (Å²) in [7, 11) is 0. The molecule has 22 heavy (non-hydrogen) atoms. The SMILES string of the molecule is CCN1CC2CN(Cc3ccc(C(=O)O)cc3)CC(C1)C2=O. The third kappa shape index (κ3) is 3.05. The minimum absolute atomic E-state index is 0.130. The minimum atomic E-state index is -0.899. The minimum Gasteiger partial charge on any atom is -0.478 e. The van der Waals surface area contributed by atoms with Crippen LogP contribution in [0, 0.1) is 11.8 Å². The Labute approximate surface area is 130 Å². The molecule has 2 fully saturated rings. The maximum Gasteiger partial charge on any atom is 0.335 e. The van der Waals surface area contributed by atoms with Crippen molar-refractivity contribution in [1.29, 1.82) is 0 Å². The number of carbonyl (C=O) groups is 2. The molecule has 2 saturated heterocycles. The lowest BCUT2D eigenvalue weighted by atomic mass is 9.83.